The molecule has 1 fully saturated rings. The molecule has 0 radical (unpaired) electrons. The lowest BCUT2D eigenvalue weighted by atomic mass is 9.90. The van der Waals surface area contributed by atoms with E-state index in [1.807, 2.05) is 0 Å². The van der Waals surface area contributed by atoms with Gasteiger partial charge in [-0.1, -0.05) is 0 Å². The van der Waals surface area contributed by atoms with Gasteiger partial charge in [0.15, 0.2) is 0 Å². The van der Waals surface area contributed by atoms with Crippen molar-refractivity contribution in [3.05, 3.63) is 0 Å². The Balaban J connectivity index is 2.36. The first-order valence-electron chi connectivity index (χ1n) is 4.67. The molecule has 1 aliphatic rings. The number of carbonyl (C=O) groups excluding carboxylic acids is 1. The van der Waals surface area contributed by atoms with Crippen molar-refractivity contribution in [2.24, 2.45) is 0 Å². The Morgan fingerprint density at radius 3 is 2.69 bits per heavy atom. The minimum absolute atomic E-state index is 0.0214. The number of nitrogens with one attached hydrogen (secondary N) is 2. The highest BCUT2D eigenvalue weighted by molar-refractivity contribution is 5.78. The summed E-state index contributed by atoms with van der Waals surface area (Å²) >= 11 is 0. The van der Waals surface area contributed by atoms with Crippen molar-refractivity contribution in [2.45, 2.75) is 25.3 Å². The standard InChI is InChI=1S/C9H18N2O2/c1-9(3-5-10-6-4-9)11-8(12)7-13-2/h10H,3-7H2,1-2H3,(H,11,12). The summed E-state index contributed by atoms with van der Waals surface area (Å²) in [4.78, 5) is 11.3. The first kappa shape index (κ1) is 10.5. The highest BCUT2D eigenvalue weighted by Gasteiger charge is 2.27. The van der Waals surface area contributed by atoms with Gasteiger partial charge in [-0.15, -0.1) is 0 Å². The van der Waals surface area contributed by atoms with Gasteiger partial charge in [-0.05, 0) is 32.9 Å². The number of carbonyl (C=O) groups is 1. The fraction of sp³-hybridized carbons (Fsp3) is 0.889. The molecule has 4 nitrogen and oxygen atoms in total. The molecule has 2 N–H and O–H groups in total. The second-order valence-corrected chi connectivity index (χ2v) is 3.79. The number of amides is 1. The van der Waals surface area contributed by atoms with Crippen molar-refractivity contribution in [1.29, 1.82) is 0 Å². The quantitative estimate of drug-likeness (QED) is 0.646. The Morgan fingerprint density at radius 1 is 1.54 bits per heavy atom. The minimum Gasteiger partial charge on any atom is -0.375 e. The highest BCUT2D eigenvalue weighted by Crippen LogP contribution is 2.16. The first-order chi connectivity index (χ1) is 6.16. The van der Waals surface area contributed by atoms with Crippen LogP contribution >= 0.6 is 0 Å². The molecule has 0 saturated carbocycles. The van der Waals surface area contributed by atoms with Crippen LogP contribution in [0, 0.1) is 0 Å². The number of piperidine rings is 1. The monoisotopic (exact) mass is 186 g/mol. The van der Waals surface area contributed by atoms with Gasteiger partial charge in [0, 0.05) is 12.6 Å². The second-order valence-electron chi connectivity index (χ2n) is 3.79. The van der Waals surface area contributed by atoms with Gasteiger partial charge in [0.1, 0.15) is 6.61 Å². The van der Waals surface area contributed by atoms with Crippen LogP contribution in [0.1, 0.15) is 19.8 Å². The maximum Gasteiger partial charge on any atom is 0.246 e. The van der Waals surface area contributed by atoms with E-state index in [0.29, 0.717) is 0 Å². The average molecular weight is 186 g/mol. The Kier molecular flexibility index (Phi) is 3.69. The number of ether oxygens (including phenoxy) is 1. The van der Waals surface area contributed by atoms with Crippen LogP contribution in [0.15, 0.2) is 0 Å². The Hall–Kier alpha value is -0.610. The van der Waals surface area contributed by atoms with E-state index < -0.39 is 0 Å². The molecule has 0 aromatic carbocycles. The molecule has 76 valence electrons. The highest BCUT2D eigenvalue weighted by atomic mass is 16.5. The Labute approximate surface area is 79.0 Å². The molecule has 0 aliphatic carbocycles. The van der Waals surface area contributed by atoms with Crippen molar-refractivity contribution in [2.75, 3.05) is 26.8 Å². The molecule has 0 unspecified atom stereocenters. The topological polar surface area (TPSA) is 50.4 Å². The van der Waals surface area contributed by atoms with Crippen LogP contribution in [-0.4, -0.2) is 38.3 Å². The SMILES string of the molecule is COCC(=O)NC1(C)CCNCC1. The zero-order chi connectivity index (χ0) is 9.73. The van der Waals surface area contributed by atoms with Crippen molar-refractivity contribution in [3.63, 3.8) is 0 Å². The van der Waals surface area contributed by atoms with E-state index >= 15 is 0 Å². The zero-order valence-electron chi connectivity index (χ0n) is 8.35. The van der Waals surface area contributed by atoms with Gasteiger partial charge in [0.05, 0.1) is 0 Å². The summed E-state index contributed by atoms with van der Waals surface area (Å²) in [5, 5.41) is 6.25. The Morgan fingerprint density at radius 2 is 2.15 bits per heavy atom. The lowest BCUT2D eigenvalue weighted by Crippen LogP contribution is -2.53. The molecule has 1 heterocycles. The first-order valence-corrected chi connectivity index (χ1v) is 4.67. The average Bonchev–Trinajstić information content (AvgIpc) is 2.04. The van der Waals surface area contributed by atoms with Gasteiger partial charge < -0.3 is 15.4 Å². The summed E-state index contributed by atoms with van der Waals surface area (Å²) < 4.78 is 4.76. The van der Waals surface area contributed by atoms with E-state index in [1.165, 1.54) is 7.11 Å². The van der Waals surface area contributed by atoms with Gasteiger partial charge in [-0.25, -0.2) is 0 Å². The Bertz CT molecular complexity index is 176. The summed E-state index contributed by atoms with van der Waals surface area (Å²) in [5.74, 6) is -0.0214. The van der Waals surface area contributed by atoms with E-state index in [-0.39, 0.29) is 18.1 Å². The third-order valence-corrected chi connectivity index (χ3v) is 2.42. The van der Waals surface area contributed by atoms with Gasteiger partial charge in [-0.2, -0.15) is 0 Å². The molecular weight excluding hydrogens is 168 g/mol. The molecule has 13 heavy (non-hydrogen) atoms. The van der Waals surface area contributed by atoms with Gasteiger partial charge in [0.2, 0.25) is 5.91 Å². The van der Waals surface area contributed by atoms with Gasteiger partial charge in [-0.3, -0.25) is 4.79 Å². The molecule has 1 aliphatic heterocycles. The molecule has 1 rings (SSSR count). The van der Waals surface area contributed by atoms with Crippen molar-refractivity contribution in [3.8, 4) is 0 Å². The number of methoxy groups -OCH3 is 1. The van der Waals surface area contributed by atoms with E-state index in [2.05, 4.69) is 17.6 Å². The van der Waals surface area contributed by atoms with Crippen LogP contribution in [0.3, 0.4) is 0 Å². The summed E-state index contributed by atoms with van der Waals surface area (Å²) in [6.45, 7) is 4.19. The van der Waals surface area contributed by atoms with Crippen LogP contribution in [0.5, 0.6) is 0 Å². The number of hydrogen-bond acceptors (Lipinski definition) is 3. The zero-order valence-corrected chi connectivity index (χ0v) is 8.35. The van der Waals surface area contributed by atoms with Crippen LogP contribution < -0.4 is 10.6 Å². The van der Waals surface area contributed by atoms with Crippen molar-refractivity contribution in [1.82, 2.24) is 10.6 Å². The fourth-order valence-corrected chi connectivity index (χ4v) is 1.61. The maximum atomic E-state index is 11.3. The molecule has 0 atom stereocenters. The maximum absolute atomic E-state index is 11.3. The van der Waals surface area contributed by atoms with Crippen LogP contribution in [0.2, 0.25) is 0 Å². The number of hydrogen-bond donors (Lipinski definition) is 2. The van der Waals surface area contributed by atoms with E-state index in [0.717, 1.165) is 25.9 Å². The van der Waals surface area contributed by atoms with E-state index in [9.17, 15) is 4.79 Å². The van der Waals surface area contributed by atoms with Crippen molar-refractivity contribution >= 4 is 5.91 Å². The lowest BCUT2D eigenvalue weighted by Gasteiger charge is -2.34. The molecular formula is C9H18N2O2. The second kappa shape index (κ2) is 4.58. The van der Waals surface area contributed by atoms with Gasteiger partial charge >= 0.3 is 0 Å². The van der Waals surface area contributed by atoms with E-state index in [4.69, 9.17) is 4.74 Å². The molecule has 1 amide bonds. The normalized spacial score (nSPS) is 21.1. The predicted molar refractivity (Wildman–Crippen MR) is 50.5 cm³/mol. The molecule has 0 aromatic heterocycles. The largest absolute Gasteiger partial charge is 0.375 e. The van der Waals surface area contributed by atoms with Crippen LogP contribution in [0.4, 0.5) is 0 Å². The molecule has 1 saturated heterocycles. The molecule has 0 spiro atoms. The van der Waals surface area contributed by atoms with E-state index in [1.54, 1.807) is 0 Å². The molecule has 0 aromatic rings. The third-order valence-electron chi connectivity index (χ3n) is 2.42. The number of rotatable bonds is 3. The predicted octanol–water partition coefficient (Wildman–Crippen LogP) is -0.109. The molecule has 0 bridgehead atoms. The summed E-state index contributed by atoms with van der Waals surface area (Å²) in [6, 6.07) is 0. The minimum atomic E-state index is -0.0408. The smallest absolute Gasteiger partial charge is 0.246 e. The lowest BCUT2D eigenvalue weighted by molar-refractivity contribution is -0.126. The van der Waals surface area contributed by atoms with Crippen molar-refractivity contribution < 1.29 is 9.53 Å². The fourth-order valence-electron chi connectivity index (χ4n) is 1.61. The summed E-state index contributed by atoms with van der Waals surface area (Å²) in [7, 11) is 1.53. The van der Waals surface area contributed by atoms with Crippen LogP contribution in [-0.2, 0) is 9.53 Å². The summed E-state index contributed by atoms with van der Waals surface area (Å²) in [5.41, 5.74) is -0.0408. The molecule has 4 heteroatoms. The summed E-state index contributed by atoms with van der Waals surface area (Å²) in [6.07, 6.45) is 1.98. The van der Waals surface area contributed by atoms with Crippen LogP contribution in [0.25, 0.3) is 0 Å². The third kappa shape index (κ3) is 3.32. The van der Waals surface area contributed by atoms with Gasteiger partial charge in [0.25, 0.3) is 0 Å².